The first-order valence-electron chi connectivity index (χ1n) is 9.44. The van der Waals surface area contributed by atoms with E-state index in [1.165, 1.54) is 27.1 Å². The van der Waals surface area contributed by atoms with Gasteiger partial charge in [0.25, 0.3) is 0 Å². The zero-order chi connectivity index (χ0) is 20.1. The zero-order valence-corrected chi connectivity index (χ0v) is 17.7. The van der Waals surface area contributed by atoms with Gasteiger partial charge in [-0.1, -0.05) is 72.3 Å². The number of halogens is 1. The summed E-state index contributed by atoms with van der Waals surface area (Å²) in [7, 11) is 1.70. The molecule has 3 heteroatoms. The minimum atomic E-state index is 0.747. The first-order valence-corrected chi connectivity index (χ1v) is 10.8. The highest BCUT2D eigenvalue weighted by molar-refractivity contribution is 7.98. The maximum Gasteiger partial charge on any atom is 0.119 e. The molecule has 4 rings (SSSR count). The minimum Gasteiger partial charge on any atom is -0.497 e. The van der Waals surface area contributed by atoms with Crippen molar-refractivity contribution in [2.45, 2.75) is 10.6 Å². The fourth-order valence-electron chi connectivity index (χ4n) is 3.26. The van der Waals surface area contributed by atoms with Gasteiger partial charge in [-0.3, -0.25) is 0 Å². The molecule has 1 nitrogen and oxygen atoms in total. The Bertz CT molecular complexity index is 1070. The Labute approximate surface area is 181 Å². The van der Waals surface area contributed by atoms with Crippen LogP contribution in [0.1, 0.15) is 5.56 Å². The quantitative estimate of drug-likeness (QED) is 0.294. The average molecular weight is 417 g/mol. The van der Waals surface area contributed by atoms with Gasteiger partial charge in [0.1, 0.15) is 5.75 Å². The van der Waals surface area contributed by atoms with Crippen molar-refractivity contribution in [1.29, 1.82) is 0 Å². The molecule has 0 atom stereocenters. The van der Waals surface area contributed by atoms with Crippen molar-refractivity contribution >= 4 is 23.4 Å². The molecule has 29 heavy (non-hydrogen) atoms. The predicted octanol–water partition coefficient (Wildman–Crippen LogP) is 7.97. The lowest BCUT2D eigenvalue weighted by atomic mass is 10.0. The van der Waals surface area contributed by atoms with Crippen LogP contribution in [-0.4, -0.2) is 7.11 Å². The lowest BCUT2D eigenvalue weighted by molar-refractivity contribution is 0.414. The molecule has 0 aliphatic rings. The van der Waals surface area contributed by atoms with E-state index in [0.717, 1.165) is 22.1 Å². The molecule has 0 bridgehead atoms. The van der Waals surface area contributed by atoms with Crippen molar-refractivity contribution < 1.29 is 4.74 Å². The van der Waals surface area contributed by atoms with Crippen LogP contribution in [-0.2, 0) is 5.75 Å². The average Bonchev–Trinajstić information content (AvgIpc) is 2.79. The third kappa shape index (κ3) is 4.84. The summed E-state index contributed by atoms with van der Waals surface area (Å²) in [5, 5.41) is 0.747. The third-order valence-corrected chi connectivity index (χ3v) is 6.14. The summed E-state index contributed by atoms with van der Waals surface area (Å²) in [6, 6.07) is 33.4. The maximum absolute atomic E-state index is 6.06. The van der Waals surface area contributed by atoms with Crippen LogP contribution in [0.2, 0.25) is 5.02 Å². The molecule has 0 aliphatic heterocycles. The smallest absolute Gasteiger partial charge is 0.119 e. The van der Waals surface area contributed by atoms with Crippen LogP contribution in [0.15, 0.2) is 102 Å². The fraction of sp³-hybridized carbons (Fsp3) is 0.0769. The van der Waals surface area contributed by atoms with Crippen molar-refractivity contribution in [1.82, 2.24) is 0 Å². The van der Waals surface area contributed by atoms with Gasteiger partial charge in [-0.25, -0.2) is 0 Å². The molecule has 0 saturated heterocycles. The Morgan fingerprint density at radius 3 is 2.07 bits per heavy atom. The summed E-state index contributed by atoms with van der Waals surface area (Å²) >= 11 is 7.89. The number of ether oxygens (including phenoxy) is 1. The lowest BCUT2D eigenvalue weighted by Crippen LogP contribution is -1.91. The highest BCUT2D eigenvalue weighted by atomic mass is 35.5. The molecule has 0 spiro atoms. The number of benzene rings is 4. The van der Waals surface area contributed by atoms with Crippen LogP contribution in [0, 0.1) is 0 Å². The van der Waals surface area contributed by atoms with Gasteiger partial charge >= 0.3 is 0 Å². The molecule has 144 valence electrons. The first kappa shape index (κ1) is 19.6. The SMILES string of the molecule is COc1ccc(-c2ccc(Cl)cc2)c(CSc2ccc(-c3ccccc3)cc2)c1. The van der Waals surface area contributed by atoms with Crippen molar-refractivity contribution in [2.75, 3.05) is 7.11 Å². The van der Waals surface area contributed by atoms with E-state index < -0.39 is 0 Å². The molecule has 0 N–H and O–H groups in total. The van der Waals surface area contributed by atoms with Crippen LogP contribution in [0.25, 0.3) is 22.3 Å². The van der Waals surface area contributed by atoms with Crippen LogP contribution in [0.4, 0.5) is 0 Å². The number of thioether (sulfide) groups is 1. The van der Waals surface area contributed by atoms with Crippen molar-refractivity contribution in [3.8, 4) is 28.0 Å². The maximum atomic E-state index is 6.06. The van der Waals surface area contributed by atoms with Crippen molar-refractivity contribution in [2.24, 2.45) is 0 Å². The Kier molecular flexibility index (Phi) is 6.24. The molecule has 0 amide bonds. The molecule has 0 aliphatic carbocycles. The monoisotopic (exact) mass is 416 g/mol. The molecule has 0 unspecified atom stereocenters. The van der Waals surface area contributed by atoms with Gasteiger partial charge in [-0.15, -0.1) is 11.8 Å². The van der Waals surface area contributed by atoms with E-state index >= 15 is 0 Å². The van der Waals surface area contributed by atoms with Crippen molar-refractivity contribution in [3.63, 3.8) is 0 Å². The second-order valence-electron chi connectivity index (χ2n) is 6.71. The van der Waals surface area contributed by atoms with Crippen LogP contribution in [0.5, 0.6) is 5.75 Å². The van der Waals surface area contributed by atoms with Gasteiger partial charge in [0.2, 0.25) is 0 Å². The normalized spacial score (nSPS) is 10.7. The van der Waals surface area contributed by atoms with E-state index in [1.54, 1.807) is 7.11 Å². The van der Waals surface area contributed by atoms with Crippen molar-refractivity contribution in [3.05, 3.63) is 108 Å². The molecule has 0 heterocycles. The van der Waals surface area contributed by atoms with Crippen LogP contribution >= 0.6 is 23.4 Å². The summed E-state index contributed by atoms with van der Waals surface area (Å²) in [6.07, 6.45) is 0. The van der Waals surface area contributed by atoms with E-state index in [0.29, 0.717) is 0 Å². The Morgan fingerprint density at radius 1 is 0.724 bits per heavy atom. The minimum absolute atomic E-state index is 0.747. The highest BCUT2D eigenvalue weighted by Gasteiger charge is 2.08. The Hall–Kier alpha value is -2.68. The highest BCUT2D eigenvalue weighted by Crippen LogP contribution is 2.33. The molecule has 0 aromatic heterocycles. The van der Waals surface area contributed by atoms with Gasteiger partial charge < -0.3 is 4.74 Å². The first-order chi connectivity index (χ1) is 14.2. The molecule has 0 radical (unpaired) electrons. The molecule has 0 fully saturated rings. The summed E-state index contributed by atoms with van der Waals surface area (Å²) in [5.41, 5.74) is 6.08. The largest absolute Gasteiger partial charge is 0.497 e. The van der Waals surface area contributed by atoms with Gasteiger partial charge in [-0.2, -0.15) is 0 Å². The molecule has 4 aromatic carbocycles. The Balaban J connectivity index is 1.55. The molecule has 4 aromatic rings. The summed E-state index contributed by atoms with van der Waals surface area (Å²) in [5.74, 6) is 1.73. The summed E-state index contributed by atoms with van der Waals surface area (Å²) < 4.78 is 5.45. The number of hydrogen-bond donors (Lipinski definition) is 0. The number of rotatable bonds is 6. The van der Waals surface area contributed by atoms with Gasteiger partial charge in [-0.05, 0) is 64.2 Å². The predicted molar refractivity (Wildman–Crippen MR) is 125 cm³/mol. The summed E-state index contributed by atoms with van der Waals surface area (Å²) in [6.45, 7) is 0. The topological polar surface area (TPSA) is 9.23 Å². The molecular weight excluding hydrogens is 396 g/mol. The second-order valence-corrected chi connectivity index (χ2v) is 8.19. The fourth-order valence-corrected chi connectivity index (χ4v) is 4.28. The number of methoxy groups -OCH3 is 1. The zero-order valence-electron chi connectivity index (χ0n) is 16.1. The Morgan fingerprint density at radius 2 is 1.38 bits per heavy atom. The van der Waals surface area contributed by atoms with Crippen LogP contribution < -0.4 is 4.74 Å². The van der Waals surface area contributed by atoms with E-state index in [-0.39, 0.29) is 0 Å². The van der Waals surface area contributed by atoms with Gasteiger partial charge in [0.05, 0.1) is 7.11 Å². The lowest BCUT2D eigenvalue weighted by Gasteiger charge is -2.12. The van der Waals surface area contributed by atoms with Gasteiger partial charge in [0, 0.05) is 15.7 Å². The second kappa shape index (κ2) is 9.21. The van der Waals surface area contributed by atoms with Gasteiger partial charge in [0.15, 0.2) is 0 Å². The number of hydrogen-bond acceptors (Lipinski definition) is 2. The third-order valence-electron chi connectivity index (χ3n) is 4.82. The van der Waals surface area contributed by atoms with E-state index in [2.05, 4.69) is 72.8 Å². The molecular formula is C26H21ClOS. The standard InChI is InChI=1S/C26H21ClOS/c1-28-24-13-16-26(21-7-11-23(27)12-8-21)22(17-24)18-29-25-14-9-20(10-15-25)19-5-3-2-4-6-19/h2-17H,18H2,1H3. The van der Waals surface area contributed by atoms with E-state index in [9.17, 15) is 0 Å². The van der Waals surface area contributed by atoms with E-state index in [1.807, 2.05) is 36.0 Å². The van der Waals surface area contributed by atoms with Crippen LogP contribution in [0.3, 0.4) is 0 Å². The summed E-state index contributed by atoms with van der Waals surface area (Å²) in [4.78, 5) is 1.24. The molecule has 0 saturated carbocycles. The van der Waals surface area contributed by atoms with E-state index in [4.69, 9.17) is 16.3 Å².